The maximum atomic E-state index is 12.4. The molecule has 0 aromatic heterocycles. The minimum Gasteiger partial charge on any atom is -0.455 e. The van der Waals surface area contributed by atoms with E-state index in [2.05, 4.69) is 10.6 Å². The molecular weight excluding hydrogens is 374 g/mol. The minimum absolute atomic E-state index is 0.0377. The van der Waals surface area contributed by atoms with Crippen molar-refractivity contribution in [3.63, 3.8) is 0 Å². The van der Waals surface area contributed by atoms with Gasteiger partial charge in [-0.2, -0.15) is 0 Å². The molecule has 2 N–H and O–H groups in total. The molecule has 0 bridgehead atoms. The first kappa shape index (κ1) is 20.8. The number of anilines is 1. The molecule has 2 fully saturated rings. The summed E-state index contributed by atoms with van der Waals surface area (Å²) in [6.45, 7) is 3.56. The molecule has 2 aliphatic rings. The average molecular weight is 401 g/mol. The van der Waals surface area contributed by atoms with Crippen LogP contribution in [0.4, 0.5) is 10.5 Å². The molecule has 1 atom stereocenters. The lowest BCUT2D eigenvalue weighted by atomic mass is 10.1. The van der Waals surface area contributed by atoms with Crippen LogP contribution >= 0.6 is 0 Å². The third-order valence-electron chi connectivity index (χ3n) is 5.61. The van der Waals surface area contributed by atoms with Gasteiger partial charge in [-0.1, -0.05) is 25.0 Å². The zero-order chi connectivity index (χ0) is 21.0. The van der Waals surface area contributed by atoms with Crippen molar-refractivity contribution in [3.8, 4) is 0 Å². The molecule has 8 nitrogen and oxygen atoms in total. The summed E-state index contributed by atoms with van der Waals surface area (Å²) in [4.78, 5) is 49.9. The Kier molecular flexibility index (Phi) is 6.51. The molecule has 1 aliphatic heterocycles. The number of amides is 4. The Labute approximate surface area is 170 Å². The number of ether oxygens (including phenoxy) is 1. The highest BCUT2D eigenvalue weighted by molar-refractivity contribution is 6.00. The Balaban J connectivity index is 1.47. The Bertz CT molecular complexity index is 817. The molecule has 0 unspecified atom stereocenters. The fraction of sp³-hybridized carbons (Fsp3) is 0.524. The van der Waals surface area contributed by atoms with Gasteiger partial charge in [0.25, 0.3) is 5.91 Å². The largest absolute Gasteiger partial charge is 0.455 e. The quantitative estimate of drug-likeness (QED) is 0.734. The summed E-state index contributed by atoms with van der Waals surface area (Å²) in [7, 11) is 0. The van der Waals surface area contributed by atoms with Gasteiger partial charge < -0.3 is 15.0 Å². The van der Waals surface area contributed by atoms with Crippen molar-refractivity contribution >= 4 is 29.5 Å². The first-order chi connectivity index (χ1) is 13.8. The van der Waals surface area contributed by atoms with Gasteiger partial charge in [-0.15, -0.1) is 0 Å². The maximum Gasteiger partial charge on any atom is 0.321 e. The van der Waals surface area contributed by atoms with E-state index in [-0.39, 0.29) is 24.9 Å². The Morgan fingerprint density at radius 3 is 2.62 bits per heavy atom. The lowest BCUT2D eigenvalue weighted by Crippen LogP contribution is -2.45. The van der Waals surface area contributed by atoms with Gasteiger partial charge in [0, 0.05) is 24.7 Å². The summed E-state index contributed by atoms with van der Waals surface area (Å²) in [5.74, 6) is -2.09. The Hall–Kier alpha value is -2.90. The summed E-state index contributed by atoms with van der Waals surface area (Å²) in [5.41, 5.74) is 2.84. The second kappa shape index (κ2) is 9.07. The van der Waals surface area contributed by atoms with Crippen LogP contribution in [0.5, 0.6) is 0 Å². The van der Waals surface area contributed by atoms with E-state index in [9.17, 15) is 19.2 Å². The molecule has 4 amide bonds. The van der Waals surface area contributed by atoms with Crippen molar-refractivity contribution in [1.82, 2.24) is 10.6 Å². The Morgan fingerprint density at radius 1 is 1.17 bits per heavy atom. The molecular formula is C21H27N3O5. The summed E-state index contributed by atoms with van der Waals surface area (Å²) in [6, 6.07) is 5.20. The number of nitrogens with one attached hydrogen (secondary N) is 2. The van der Waals surface area contributed by atoms with E-state index in [1.54, 1.807) is 4.90 Å². The molecule has 8 heteroatoms. The highest BCUT2D eigenvalue weighted by Crippen LogP contribution is 2.29. The van der Waals surface area contributed by atoms with Crippen molar-refractivity contribution < 1.29 is 23.9 Å². The van der Waals surface area contributed by atoms with Crippen LogP contribution < -0.4 is 15.5 Å². The number of esters is 1. The van der Waals surface area contributed by atoms with Crippen molar-refractivity contribution in [2.45, 2.75) is 52.0 Å². The number of aryl methyl sites for hydroxylation is 1. The molecule has 1 saturated heterocycles. The monoisotopic (exact) mass is 401 g/mol. The van der Waals surface area contributed by atoms with E-state index in [4.69, 9.17) is 4.74 Å². The fourth-order valence-corrected chi connectivity index (χ4v) is 3.84. The summed E-state index contributed by atoms with van der Waals surface area (Å²) >= 11 is 0. The molecule has 1 saturated carbocycles. The van der Waals surface area contributed by atoms with Gasteiger partial charge in [0.05, 0.1) is 5.92 Å². The third kappa shape index (κ3) is 5.13. The number of nitrogens with zero attached hydrogens (tertiary/aromatic N) is 1. The maximum absolute atomic E-state index is 12.4. The number of urea groups is 1. The van der Waals surface area contributed by atoms with E-state index in [1.165, 1.54) is 0 Å². The van der Waals surface area contributed by atoms with Crippen LogP contribution in [0.15, 0.2) is 18.2 Å². The van der Waals surface area contributed by atoms with E-state index >= 15 is 0 Å². The molecule has 1 aromatic rings. The van der Waals surface area contributed by atoms with Crippen LogP contribution in [0.2, 0.25) is 0 Å². The Morgan fingerprint density at radius 2 is 1.90 bits per heavy atom. The van der Waals surface area contributed by atoms with Gasteiger partial charge in [0.2, 0.25) is 5.91 Å². The van der Waals surface area contributed by atoms with Crippen molar-refractivity contribution in [1.29, 1.82) is 0 Å². The molecule has 1 heterocycles. The van der Waals surface area contributed by atoms with Crippen LogP contribution in [0.25, 0.3) is 0 Å². The number of hydrogen-bond donors (Lipinski definition) is 2. The van der Waals surface area contributed by atoms with Crippen molar-refractivity contribution in [3.05, 3.63) is 29.3 Å². The van der Waals surface area contributed by atoms with Gasteiger partial charge in [-0.3, -0.25) is 19.7 Å². The first-order valence-electron chi connectivity index (χ1n) is 9.98. The smallest absolute Gasteiger partial charge is 0.321 e. The van der Waals surface area contributed by atoms with Crippen LogP contribution in [-0.2, 0) is 19.1 Å². The topological polar surface area (TPSA) is 105 Å². The van der Waals surface area contributed by atoms with Crippen molar-refractivity contribution in [2.24, 2.45) is 5.92 Å². The van der Waals surface area contributed by atoms with Gasteiger partial charge in [0.15, 0.2) is 6.61 Å². The predicted octanol–water partition coefficient (Wildman–Crippen LogP) is 1.97. The average Bonchev–Trinajstić information content (AvgIpc) is 3.31. The van der Waals surface area contributed by atoms with E-state index in [0.717, 1.165) is 42.5 Å². The zero-order valence-electron chi connectivity index (χ0n) is 16.8. The highest BCUT2D eigenvalue weighted by atomic mass is 16.5. The normalized spacial score (nSPS) is 19.3. The highest BCUT2D eigenvalue weighted by Gasteiger charge is 2.37. The predicted molar refractivity (Wildman–Crippen MR) is 106 cm³/mol. The summed E-state index contributed by atoms with van der Waals surface area (Å²) < 4.78 is 5.04. The van der Waals surface area contributed by atoms with E-state index in [1.807, 2.05) is 32.0 Å². The van der Waals surface area contributed by atoms with E-state index in [0.29, 0.717) is 0 Å². The second-order valence-electron chi connectivity index (χ2n) is 7.74. The van der Waals surface area contributed by atoms with Gasteiger partial charge in [0.1, 0.15) is 0 Å². The van der Waals surface area contributed by atoms with Crippen molar-refractivity contribution in [2.75, 3.05) is 18.1 Å². The standard InChI is InChI=1S/C21H27N3O5/c1-13-6-5-9-17(14(13)2)24-11-15(10-19(24)26)20(27)29-12-18(25)23-21(28)22-16-7-3-4-8-16/h5-6,9,15-16H,3-4,7-8,10-12H2,1-2H3,(H2,22,23,25,28)/t15-/m0/s1. The molecule has 0 spiro atoms. The van der Waals surface area contributed by atoms with Crippen LogP contribution in [0, 0.1) is 19.8 Å². The first-order valence-corrected chi connectivity index (χ1v) is 9.98. The lowest BCUT2D eigenvalue weighted by molar-refractivity contribution is -0.152. The number of hydrogen-bond acceptors (Lipinski definition) is 5. The molecule has 0 radical (unpaired) electrons. The number of carbonyl (C=O) groups is 4. The van der Waals surface area contributed by atoms with Gasteiger partial charge in [-0.25, -0.2) is 4.79 Å². The fourth-order valence-electron chi connectivity index (χ4n) is 3.84. The van der Waals surface area contributed by atoms with Gasteiger partial charge >= 0.3 is 12.0 Å². The molecule has 1 aliphatic carbocycles. The molecule has 3 rings (SSSR count). The molecule has 1 aromatic carbocycles. The number of carbonyl (C=O) groups excluding carboxylic acids is 4. The summed E-state index contributed by atoms with van der Waals surface area (Å²) in [6.07, 6.45) is 3.98. The number of imide groups is 1. The van der Waals surface area contributed by atoms with Crippen LogP contribution in [0.3, 0.4) is 0 Å². The summed E-state index contributed by atoms with van der Waals surface area (Å²) in [5, 5.41) is 4.90. The van der Waals surface area contributed by atoms with Crippen LogP contribution in [-0.4, -0.2) is 43.0 Å². The lowest BCUT2D eigenvalue weighted by Gasteiger charge is -2.20. The second-order valence-corrected chi connectivity index (χ2v) is 7.74. The van der Waals surface area contributed by atoms with E-state index < -0.39 is 30.4 Å². The SMILES string of the molecule is Cc1cccc(N2C[C@@H](C(=O)OCC(=O)NC(=O)NC3CCCC3)CC2=O)c1C. The van der Waals surface area contributed by atoms with Gasteiger partial charge in [-0.05, 0) is 43.9 Å². The molecule has 156 valence electrons. The van der Waals surface area contributed by atoms with Crippen LogP contribution in [0.1, 0.15) is 43.2 Å². The minimum atomic E-state index is -0.690. The molecule has 29 heavy (non-hydrogen) atoms. The third-order valence-corrected chi connectivity index (χ3v) is 5.61. The number of benzene rings is 1. The number of rotatable bonds is 5. The zero-order valence-corrected chi connectivity index (χ0v) is 16.8.